The highest BCUT2D eigenvalue weighted by Gasteiger charge is 2.11. The van der Waals surface area contributed by atoms with E-state index in [0.717, 1.165) is 17.3 Å². The van der Waals surface area contributed by atoms with Gasteiger partial charge in [0.1, 0.15) is 11.5 Å². The minimum absolute atomic E-state index is 0.212. The first-order chi connectivity index (χ1) is 14.0. The molecule has 2 aromatic carbocycles. The summed E-state index contributed by atoms with van der Waals surface area (Å²) in [6, 6.07) is 12.1. The number of hydrogen-bond donors (Lipinski definition) is 2. The molecule has 0 aliphatic heterocycles. The number of hydrazine groups is 1. The molecule has 2 N–H and O–H groups in total. The van der Waals surface area contributed by atoms with Crippen molar-refractivity contribution in [1.29, 1.82) is 0 Å². The molecule has 29 heavy (non-hydrogen) atoms. The molecular weight excluding hydrogens is 504 g/mol. The molecule has 2 aromatic rings. The molecule has 0 fully saturated rings. The molecule has 0 unspecified atom stereocenters. The van der Waals surface area contributed by atoms with Gasteiger partial charge in [0.05, 0.1) is 11.1 Å². The molecule has 0 radical (unpaired) electrons. The van der Waals surface area contributed by atoms with Gasteiger partial charge in [-0.2, -0.15) is 0 Å². The molecule has 0 saturated carbocycles. The number of unbranched alkanes of at least 4 members (excludes halogenated alkanes) is 3. The lowest BCUT2D eigenvalue weighted by Crippen LogP contribution is -2.43. The Labute approximate surface area is 187 Å². The fraction of sp³-hybridized carbons (Fsp3) is 0.333. The molecule has 2 rings (SSSR count). The van der Waals surface area contributed by atoms with Crippen LogP contribution in [0.5, 0.6) is 11.5 Å². The standard InChI is InChI=1S/C21H24Br2N2O4/c1-2-3-4-5-12-28-19-11-6-15(13-18(19)23)21(27)25-24-20(26)14-29-17-9-7-16(22)8-10-17/h6-11,13H,2-5,12,14H2,1H3,(H,24,26)(H,25,27). The highest BCUT2D eigenvalue weighted by atomic mass is 79.9. The number of carbonyl (C=O) groups excluding carboxylic acids is 2. The van der Waals surface area contributed by atoms with Crippen molar-refractivity contribution in [3.05, 3.63) is 57.0 Å². The molecule has 0 aliphatic rings. The van der Waals surface area contributed by atoms with Crippen molar-refractivity contribution in [3.63, 3.8) is 0 Å². The highest BCUT2D eigenvalue weighted by molar-refractivity contribution is 9.10. The number of amides is 2. The van der Waals surface area contributed by atoms with Crippen LogP contribution < -0.4 is 20.3 Å². The first kappa shape index (κ1) is 23.2. The third kappa shape index (κ3) is 8.45. The molecule has 156 valence electrons. The molecule has 0 bridgehead atoms. The minimum Gasteiger partial charge on any atom is -0.492 e. The Balaban J connectivity index is 1.75. The van der Waals surface area contributed by atoms with Crippen molar-refractivity contribution in [2.75, 3.05) is 13.2 Å². The summed E-state index contributed by atoms with van der Waals surface area (Å²) < 4.78 is 12.7. The highest BCUT2D eigenvalue weighted by Crippen LogP contribution is 2.26. The molecule has 0 spiro atoms. The zero-order valence-electron chi connectivity index (χ0n) is 16.2. The Morgan fingerprint density at radius 2 is 1.69 bits per heavy atom. The minimum atomic E-state index is -0.465. The van der Waals surface area contributed by atoms with E-state index in [9.17, 15) is 9.59 Å². The zero-order valence-corrected chi connectivity index (χ0v) is 19.3. The van der Waals surface area contributed by atoms with Crippen molar-refractivity contribution in [2.24, 2.45) is 0 Å². The van der Waals surface area contributed by atoms with E-state index in [1.807, 2.05) is 12.1 Å². The second kappa shape index (κ2) is 12.5. The number of ether oxygens (including phenoxy) is 2. The third-order valence-corrected chi connectivity index (χ3v) is 5.10. The van der Waals surface area contributed by atoms with E-state index >= 15 is 0 Å². The van der Waals surface area contributed by atoms with E-state index in [-0.39, 0.29) is 6.61 Å². The lowest BCUT2D eigenvalue weighted by molar-refractivity contribution is -0.123. The molecule has 0 heterocycles. The third-order valence-electron chi connectivity index (χ3n) is 3.95. The molecule has 0 aromatic heterocycles. The van der Waals surface area contributed by atoms with Crippen molar-refractivity contribution in [1.82, 2.24) is 10.9 Å². The van der Waals surface area contributed by atoms with Crippen LogP contribution in [0.1, 0.15) is 43.0 Å². The Morgan fingerprint density at radius 3 is 2.38 bits per heavy atom. The summed E-state index contributed by atoms with van der Waals surface area (Å²) in [4.78, 5) is 24.1. The average Bonchev–Trinajstić information content (AvgIpc) is 2.72. The largest absolute Gasteiger partial charge is 0.492 e. The van der Waals surface area contributed by atoms with Crippen LogP contribution in [0.4, 0.5) is 0 Å². The van der Waals surface area contributed by atoms with Crippen molar-refractivity contribution in [2.45, 2.75) is 32.6 Å². The fourth-order valence-electron chi connectivity index (χ4n) is 2.38. The number of hydrogen-bond acceptors (Lipinski definition) is 4. The fourth-order valence-corrected chi connectivity index (χ4v) is 3.14. The second-order valence-electron chi connectivity index (χ2n) is 6.30. The summed E-state index contributed by atoms with van der Waals surface area (Å²) in [5.74, 6) is 0.346. The van der Waals surface area contributed by atoms with E-state index in [4.69, 9.17) is 9.47 Å². The summed E-state index contributed by atoms with van der Waals surface area (Å²) in [5, 5.41) is 0. The Bertz CT molecular complexity index is 813. The summed E-state index contributed by atoms with van der Waals surface area (Å²) in [6.45, 7) is 2.59. The van der Waals surface area contributed by atoms with Gasteiger partial charge in [-0.1, -0.05) is 42.1 Å². The molecule has 0 aliphatic carbocycles. The molecular formula is C21H24Br2N2O4. The van der Waals surface area contributed by atoms with E-state index < -0.39 is 11.8 Å². The monoisotopic (exact) mass is 526 g/mol. The SMILES string of the molecule is CCCCCCOc1ccc(C(=O)NNC(=O)COc2ccc(Br)cc2)cc1Br. The second-order valence-corrected chi connectivity index (χ2v) is 8.07. The van der Waals surface area contributed by atoms with Gasteiger partial charge >= 0.3 is 0 Å². The topological polar surface area (TPSA) is 76.7 Å². The summed E-state index contributed by atoms with van der Waals surface area (Å²) in [6.07, 6.45) is 4.51. The van der Waals surface area contributed by atoms with Crippen LogP contribution in [0, 0.1) is 0 Å². The van der Waals surface area contributed by atoms with Gasteiger partial charge in [0.2, 0.25) is 0 Å². The van der Waals surface area contributed by atoms with E-state index in [0.29, 0.717) is 28.1 Å². The number of carbonyl (C=O) groups is 2. The Morgan fingerprint density at radius 1 is 0.931 bits per heavy atom. The first-order valence-electron chi connectivity index (χ1n) is 9.39. The van der Waals surface area contributed by atoms with Crippen LogP contribution in [0.3, 0.4) is 0 Å². The molecule has 0 saturated heterocycles. The lowest BCUT2D eigenvalue weighted by Gasteiger charge is -2.11. The van der Waals surface area contributed by atoms with E-state index in [1.54, 1.807) is 30.3 Å². The molecule has 6 nitrogen and oxygen atoms in total. The zero-order chi connectivity index (χ0) is 21.1. The summed E-state index contributed by atoms with van der Waals surface area (Å²) in [7, 11) is 0. The number of halogens is 2. The average molecular weight is 528 g/mol. The van der Waals surface area contributed by atoms with Gasteiger partial charge in [-0.3, -0.25) is 20.4 Å². The van der Waals surface area contributed by atoms with Crippen LogP contribution >= 0.6 is 31.9 Å². The van der Waals surface area contributed by atoms with Gasteiger partial charge in [0.25, 0.3) is 11.8 Å². The van der Waals surface area contributed by atoms with Crippen LogP contribution in [0.15, 0.2) is 51.4 Å². The van der Waals surface area contributed by atoms with Gasteiger partial charge < -0.3 is 9.47 Å². The van der Waals surface area contributed by atoms with Crippen LogP contribution in [0.25, 0.3) is 0 Å². The number of benzene rings is 2. The van der Waals surface area contributed by atoms with E-state index in [1.165, 1.54) is 12.8 Å². The maximum atomic E-state index is 12.2. The quantitative estimate of drug-likeness (QED) is 0.336. The predicted octanol–water partition coefficient (Wildman–Crippen LogP) is 5.01. The van der Waals surface area contributed by atoms with E-state index in [2.05, 4.69) is 49.6 Å². The Kier molecular flexibility index (Phi) is 10.0. The first-order valence-corrected chi connectivity index (χ1v) is 11.0. The number of rotatable bonds is 10. The number of nitrogens with one attached hydrogen (secondary N) is 2. The smallest absolute Gasteiger partial charge is 0.276 e. The van der Waals surface area contributed by atoms with Gasteiger partial charge in [-0.05, 0) is 64.8 Å². The summed E-state index contributed by atoms with van der Waals surface area (Å²) in [5.41, 5.74) is 5.09. The van der Waals surface area contributed by atoms with Crippen molar-refractivity contribution in [3.8, 4) is 11.5 Å². The van der Waals surface area contributed by atoms with Crippen LogP contribution in [-0.4, -0.2) is 25.0 Å². The van der Waals surface area contributed by atoms with Gasteiger partial charge in [-0.15, -0.1) is 0 Å². The maximum absolute atomic E-state index is 12.2. The van der Waals surface area contributed by atoms with Gasteiger partial charge in [-0.25, -0.2) is 0 Å². The van der Waals surface area contributed by atoms with Crippen LogP contribution in [-0.2, 0) is 4.79 Å². The van der Waals surface area contributed by atoms with Crippen molar-refractivity contribution < 1.29 is 19.1 Å². The molecule has 2 amide bonds. The lowest BCUT2D eigenvalue weighted by atomic mass is 10.2. The molecule has 8 heteroatoms. The van der Waals surface area contributed by atoms with Crippen LogP contribution in [0.2, 0.25) is 0 Å². The molecule has 0 atom stereocenters. The predicted molar refractivity (Wildman–Crippen MR) is 119 cm³/mol. The van der Waals surface area contributed by atoms with Crippen molar-refractivity contribution >= 4 is 43.7 Å². The maximum Gasteiger partial charge on any atom is 0.276 e. The summed E-state index contributed by atoms with van der Waals surface area (Å²) >= 11 is 6.74. The Hall–Kier alpha value is -2.06. The van der Waals surface area contributed by atoms with Gasteiger partial charge in [0, 0.05) is 10.0 Å². The normalized spacial score (nSPS) is 10.3. The van der Waals surface area contributed by atoms with Gasteiger partial charge in [0.15, 0.2) is 6.61 Å².